The zero-order chi connectivity index (χ0) is 14.5. The second kappa shape index (κ2) is 7.66. The van der Waals surface area contributed by atoms with E-state index in [1.165, 1.54) is 49.3 Å². The Hall–Kier alpha value is -0.510. The van der Waals surface area contributed by atoms with Crippen LogP contribution < -0.4 is 5.32 Å². The second-order valence-corrected chi connectivity index (χ2v) is 7.59. The minimum Gasteiger partial charge on any atom is -0.311 e. The first-order valence-electron chi connectivity index (χ1n) is 8.50. The van der Waals surface area contributed by atoms with Gasteiger partial charge in [-0.15, -0.1) is 0 Å². The summed E-state index contributed by atoms with van der Waals surface area (Å²) in [6.07, 6.45) is 5.32. The molecular formula is C18H28N2S. The van der Waals surface area contributed by atoms with E-state index in [0.717, 1.165) is 12.6 Å². The van der Waals surface area contributed by atoms with Gasteiger partial charge in [0, 0.05) is 31.2 Å². The van der Waals surface area contributed by atoms with Gasteiger partial charge in [-0.3, -0.25) is 4.90 Å². The third-order valence-electron chi connectivity index (χ3n) is 4.91. The Balaban J connectivity index is 1.76. The average Bonchev–Trinajstić information content (AvgIpc) is 2.57. The fourth-order valence-corrected chi connectivity index (χ4v) is 4.87. The van der Waals surface area contributed by atoms with Gasteiger partial charge in [0.05, 0.1) is 0 Å². The van der Waals surface area contributed by atoms with Crippen LogP contribution in [0.25, 0.3) is 0 Å². The largest absolute Gasteiger partial charge is 0.311 e. The molecule has 2 nitrogen and oxygen atoms in total. The number of hydrogen-bond acceptors (Lipinski definition) is 3. The van der Waals surface area contributed by atoms with Crippen LogP contribution in [0, 0.1) is 0 Å². The van der Waals surface area contributed by atoms with Crippen LogP contribution in [-0.2, 0) is 0 Å². The lowest BCUT2D eigenvalue weighted by Gasteiger charge is -2.46. The van der Waals surface area contributed by atoms with Crippen molar-refractivity contribution in [2.75, 3.05) is 24.6 Å². The fraction of sp³-hybridized carbons (Fsp3) is 0.667. The number of hydrogen-bond donors (Lipinski definition) is 1. The van der Waals surface area contributed by atoms with Crippen LogP contribution in [0.4, 0.5) is 0 Å². The normalized spacial score (nSPS) is 28.6. The molecule has 2 fully saturated rings. The number of piperazine rings is 1. The Morgan fingerprint density at radius 1 is 1.19 bits per heavy atom. The van der Waals surface area contributed by atoms with Gasteiger partial charge in [0.15, 0.2) is 0 Å². The van der Waals surface area contributed by atoms with E-state index in [9.17, 15) is 0 Å². The summed E-state index contributed by atoms with van der Waals surface area (Å²) in [6, 6.07) is 13.1. The van der Waals surface area contributed by atoms with E-state index in [1.54, 1.807) is 0 Å². The molecule has 3 rings (SSSR count). The van der Waals surface area contributed by atoms with Crippen LogP contribution >= 0.6 is 11.8 Å². The van der Waals surface area contributed by atoms with Crippen molar-refractivity contribution >= 4 is 11.8 Å². The van der Waals surface area contributed by atoms with Gasteiger partial charge >= 0.3 is 0 Å². The molecule has 0 amide bonds. The first-order chi connectivity index (χ1) is 10.4. The lowest BCUT2D eigenvalue weighted by Crippen LogP contribution is -2.56. The highest BCUT2D eigenvalue weighted by Gasteiger charge is 2.33. The van der Waals surface area contributed by atoms with Crippen molar-refractivity contribution in [3.8, 4) is 0 Å². The predicted octanol–water partition coefficient (Wildman–Crippen LogP) is 3.70. The first kappa shape index (κ1) is 15.4. The van der Waals surface area contributed by atoms with Crippen LogP contribution in [0.2, 0.25) is 0 Å². The van der Waals surface area contributed by atoms with Gasteiger partial charge < -0.3 is 5.32 Å². The molecule has 2 heterocycles. The SMILES string of the molecule is CCCC1CN(C2CCSCC2)C(c2ccccc2)CN1. The molecule has 1 aromatic rings. The molecule has 0 bridgehead atoms. The van der Waals surface area contributed by atoms with E-state index in [1.807, 2.05) is 0 Å². The molecular weight excluding hydrogens is 276 g/mol. The van der Waals surface area contributed by atoms with Crippen molar-refractivity contribution in [1.29, 1.82) is 0 Å². The van der Waals surface area contributed by atoms with Crippen molar-refractivity contribution in [1.82, 2.24) is 10.2 Å². The van der Waals surface area contributed by atoms with Crippen molar-refractivity contribution in [2.45, 2.75) is 50.7 Å². The molecule has 2 aliphatic rings. The summed E-state index contributed by atoms with van der Waals surface area (Å²) in [5.41, 5.74) is 1.48. The summed E-state index contributed by atoms with van der Waals surface area (Å²) >= 11 is 2.13. The zero-order valence-electron chi connectivity index (χ0n) is 13.1. The molecule has 2 unspecified atom stereocenters. The van der Waals surface area contributed by atoms with Crippen molar-refractivity contribution in [3.05, 3.63) is 35.9 Å². The molecule has 116 valence electrons. The maximum atomic E-state index is 3.79. The third-order valence-corrected chi connectivity index (χ3v) is 5.96. The number of rotatable bonds is 4. The Morgan fingerprint density at radius 2 is 1.95 bits per heavy atom. The Labute approximate surface area is 133 Å². The Morgan fingerprint density at radius 3 is 2.67 bits per heavy atom. The van der Waals surface area contributed by atoms with E-state index >= 15 is 0 Å². The van der Waals surface area contributed by atoms with Gasteiger partial charge in [-0.1, -0.05) is 43.7 Å². The molecule has 1 N–H and O–H groups in total. The minimum absolute atomic E-state index is 0.562. The molecule has 0 aromatic heterocycles. The van der Waals surface area contributed by atoms with Gasteiger partial charge in [0.25, 0.3) is 0 Å². The molecule has 3 heteroatoms. The summed E-state index contributed by atoms with van der Waals surface area (Å²) in [5, 5.41) is 3.79. The third kappa shape index (κ3) is 3.82. The maximum absolute atomic E-state index is 3.79. The molecule has 0 radical (unpaired) electrons. The molecule has 2 saturated heterocycles. The lowest BCUT2D eigenvalue weighted by atomic mass is 9.95. The van der Waals surface area contributed by atoms with Gasteiger partial charge in [0.2, 0.25) is 0 Å². The average molecular weight is 305 g/mol. The van der Waals surface area contributed by atoms with Crippen LogP contribution in [0.1, 0.15) is 44.2 Å². The van der Waals surface area contributed by atoms with Gasteiger partial charge in [0.1, 0.15) is 0 Å². The molecule has 2 aliphatic heterocycles. The maximum Gasteiger partial charge on any atom is 0.0476 e. The molecule has 0 saturated carbocycles. The standard InChI is InChI=1S/C18H28N2S/c1-2-6-16-14-20(17-9-11-21-12-10-17)18(13-19-16)15-7-4-3-5-8-15/h3-5,7-8,16-19H,2,6,9-14H2,1H3. The summed E-state index contributed by atoms with van der Waals surface area (Å²) in [5.74, 6) is 2.68. The summed E-state index contributed by atoms with van der Waals surface area (Å²) in [7, 11) is 0. The monoisotopic (exact) mass is 304 g/mol. The van der Waals surface area contributed by atoms with Crippen LogP contribution in [0.3, 0.4) is 0 Å². The highest BCUT2D eigenvalue weighted by Crippen LogP contribution is 2.32. The van der Waals surface area contributed by atoms with E-state index in [2.05, 4.69) is 59.2 Å². The Bertz CT molecular complexity index is 416. The summed E-state index contributed by atoms with van der Waals surface area (Å²) in [4.78, 5) is 2.83. The molecule has 0 aliphatic carbocycles. The van der Waals surface area contributed by atoms with Crippen LogP contribution in [0.15, 0.2) is 30.3 Å². The van der Waals surface area contributed by atoms with Crippen molar-refractivity contribution in [3.63, 3.8) is 0 Å². The molecule has 2 atom stereocenters. The van der Waals surface area contributed by atoms with E-state index in [4.69, 9.17) is 0 Å². The lowest BCUT2D eigenvalue weighted by molar-refractivity contribution is 0.0735. The molecule has 0 spiro atoms. The molecule has 21 heavy (non-hydrogen) atoms. The van der Waals surface area contributed by atoms with E-state index in [0.29, 0.717) is 12.1 Å². The van der Waals surface area contributed by atoms with Gasteiger partial charge in [-0.05, 0) is 36.3 Å². The molecule has 1 aromatic carbocycles. The van der Waals surface area contributed by atoms with Crippen LogP contribution in [0.5, 0.6) is 0 Å². The number of benzene rings is 1. The number of thioether (sulfide) groups is 1. The summed E-state index contributed by atoms with van der Waals surface area (Å²) in [6.45, 7) is 4.63. The second-order valence-electron chi connectivity index (χ2n) is 6.36. The van der Waals surface area contributed by atoms with E-state index < -0.39 is 0 Å². The van der Waals surface area contributed by atoms with Gasteiger partial charge in [-0.2, -0.15) is 11.8 Å². The smallest absolute Gasteiger partial charge is 0.0476 e. The van der Waals surface area contributed by atoms with Gasteiger partial charge in [-0.25, -0.2) is 0 Å². The zero-order valence-corrected chi connectivity index (χ0v) is 13.9. The number of nitrogens with zero attached hydrogens (tertiary/aromatic N) is 1. The summed E-state index contributed by atoms with van der Waals surface area (Å²) < 4.78 is 0. The quantitative estimate of drug-likeness (QED) is 0.913. The highest BCUT2D eigenvalue weighted by atomic mass is 32.2. The van der Waals surface area contributed by atoms with Crippen molar-refractivity contribution in [2.24, 2.45) is 0 Å². The predicted molar refractivity (Wildman–Crippen MR) is 92.9 cm³/mol. The minimum atomic E-state index is 0.562. The van der Waals surface area contributed by atoms with E-state index in [-0.39, 0.29) is 0 Å². The topological polar surface area (TPSA) is 15.3 Å². The highest BCUT2D eigenvalue weighted by molar-refractivity contribution is 7.99. The van der Waals surface area contributed by atoms with Crippen molar-refractivity contribution < 1.29 is 0 Å². The fourth-order valence-electron chi connectivity index (χ4n) is 3.79. The first-order valence-corrected chi connectivity index (χ1v) is 9.65. The number of nitrogens with one attached hydrogen (secondary N) is 1. The van der Waals surface area contributed by atoms with Crippen LogP contribution in [-0.4, -0.2) is 41.6 Å². The Kier molecular flexibility index (Phi) is 5.61.